The Morgan fingerprint density at radius 1 is 0.925 bits per heavy atom. The van der Waals surface area contributed by atoms with E-state index in [0.29, 0.717) is 71.1 Å². The van der Waals surface area contributed by atoms with Crippen molar-refractivity contribution < 1.29 is 34.1 Å². The highest BCUT2D eigenvalue weighted by Crippen LogP contribution is 2.50. The van der Waals surface area contributed by atoms with Gasteiger partial charge < -0.3 is 14.7 Å². The summed E-state index contributed by atoms with van der Waals surface area (Å²) in [6, 6.07) is 7.92. The number of non-ortho nitro benzene ring substituents is 1. The zero-order chi connectivity index (χ0) is 28.7. The number of nitrogens with zero attached hydrogens (tertiary/aromatic N) is 3. The Kier molecular flexibility index (Phi) is 7.23. The SMILES string of the molecule is O=C(O)CN1C2=C(C(=O)CCC2)C(c2ccc(Oc3ccc([N+](=O)[O-])cc3[N+](=O)[O-])c(Br)c2)C2=C1CCCC2=O. The number of allylic oxidation sites excluding steroid dienone is 4. The summed E-state index contributed by atoms with van der Waals surface area (Å²) in [6.07, 6.45) is 2.78. The van der Waals surface area contributed by atoms with Gasteiger partial charge in [-0.15, -0.1) is 0 Å². The van der Waals surface area contributed by atoms with Gasteiger partial charge in [-0.3, -0.25) is 34.6 Å². The van der Waals surface area contributed by atoms with Crippen molar-refractivity contribution in [3.63, 3.8) is 0 Å². The van der Waals surface area contributed by atoms with Crippen molar-refractivity contribution in [3.8, 4) is 11.5 Å². The van der Waals surface area contributed by atoms with Crippen molar-refractivity contribution in [2.24, 2.45) is 0 Å². The summed E-state index contributed by atoms with van der Waals surface area (Å²) >= 11 is 3.43. The van der Waals surface area contributed by atoms with Gasteiger partial charge in [0.25, 0.3) is 5.69 Å². The van der Waals surface area contributed by atoms with Gasteiger partial charge in [0.05, 0.1) is 20.4 Å². The van der Waals surface area contributed by atoms with Crippen molar-refractivity contribution in [3.05, 3.63) is 89.2 Å². The lowest BCUT2D eigenvalue weighted by Gasteiger charge is -2.43. The topological polar surface area (TPSA) is 170 Å². The number of carbonyl (C=O) groups is 3. The highest BCUT2D eigenvalue weighted by atomic mass is 79.9. The van der Waals surface area contributed by atoms with Gasteiger partial charge in [-0.25, -0.2) is 0 Å². The number of rotatable bonds is 7. The summed E-state index contributed by atoms with van der Waals surface area (Å²) in [5.74, 6) is -2.04. The predicted octanol–water partition coefficient (Wildman–Crippen LogP) is 5.56. The van der Waals surface area contributed by atoms with E-state index >= 15 is 0 Å². The fourth-order valence-corrected chi connectivity index (χ4v) is 6.10. The number of hydrogen-bond acceptors (Lipinski definition) is 9. The van der Waals surface area contributed by atoms with Crippen molar-refractivity contribution in [2.75, 3.05) is 6.54 Å². The second kappa shape index (κ2) is 10.6. The molecular weight excluding hydrogens is 590 g/mol. The van der Waals surface area contributed by atoms with Gasteiger partial charge in [-0.1, -0.05) is 6.07 Å². The molecule has 1 heterocycles. The van der Waals surface area contributed by atoms with E-state index in [2.05, 4.69) is 15.9 Å². The molecule has 40 heavy (non-hydrogen) atoms. The van der Waals surface area contributed by atoms with Gasteiger partial charge in [0, 0.05) is 47.4 Å². The first-order chi connectivity index (χ1) is 19.1. The maximum absolute atomic E-state index is 13.3. The Balaban J connectivity index is 1.58. The van der Waals surface area contributed by atoms with Crippen LogP contribution in [0.4, 0.5) is 11.4 Å². The molecule has 0 unspecified atom stereocenters. The lowest BCUT2D eigenvalue weighted by molar-refractivity contribution is -0.394. The van der Waals surface area contributed by atoms with Crippen LogP contribution in [0.2, 0.25) is 0 Å². The Morgan fingerprint density at radius 3 is 2.05 bits per heavy atom. The summed E-state index contributed by atoms with van der Waals surface area (Å²) in [4.78, 5) is 61.0. The summed E-state index contributed by atoms with van der Waals surface area (Å²) in [7, 11) is 0. The average molecular weight is 612 g/mol. The van der Waals surface area contributed by atoms with Crippen LogP contribution in [0, 0.1) is 20.2 Å². The number of Topliss-reactive ketones (excluding diaryl/α,β-unsaturated/α-hetero) is 2. The Morgan fingerprint density at radius 2 is 1.52 bits per heavy atom. The second-order valence-corrected chi connectivity index (χ2v) is 10.5. The first-order valence-electron chi connectivity index (χ1n) is 12.5. The standard InChI is InChI=1S/C27H22BrN3O9/c28-16-11-14(7-9-22(16)40-23-10-8-15(30(36)37)12-19(23)31(38)39)25-26-17(3-1-5-20(26)32)29(13-24(34)35)18-4-2-6-21(33)27(18)25/h7-12,25H,1-6,13H2,(H,34,35). The van der Waals surface area contributed by atoms with Crippen LogP contribution in [-0.4, -0.2) is 43.9 Å². The molecule has 1 aliphatic heterocycles. The van der Waals surface area contributed by atoms with E-state index in [1.165, 1.54) is 6.07 Å². The van der Waals surface area contributed by atoms with Crippen LogP contribution < -0.4 is 4.74 Å². The molecule has 12 nitrogen and oxygen atoms in total. The van der Waals surface area contributed by atoms with Crippen LogP contribution in [0.1, 0.15) is 50.0 Å². The van der Waals surface area contributed by atoms with Crippen LogP contribution in [0.5, 0.6) is 11.5 Å². The summed E-state index contributed by atoms with van der Waals surface area (Å²) in [5.41, 5.74) is 1.69. The number of hydrogen-bond donors (Lipinski definition) is 1. The minimum absolute atomic E-state index is 0.135. The Hall–Kier alpha value is -4.39. The number of aliphatic carboxylic acids is 1. The summed E-state index contributed by atoms with van der Waals surface area (Å²) in [6.45, 7) is -0.338. The summed E-state index contributed by atoms with van der Waals surface area (Å²) in [5, 5.41) is 32.2. The zero-order valence-corrected chi connectivity index (χ0v) is 22.5. The molecule has 0 saturated carbocycles. The molecule has 0 fully saturated rings. The molecular formula is C27H22BrN3O9. The molecule has 2 aliphatic carbocycles. The van der Waals surface area contributed by atoms with Crippen LogP contribution in [0.25, 0.3) is 0 Å². The van der Waals surface area contributed by atoms with Gasteiger partial charge in [-0.05, 0) is 65.4 Å². The van der Waals surface area contributed by atoms with E-state index in [4.69, 9.17) is 4.74 Å². The summed E-state index contributed by atoms with van der Waals surface area (Å²) < 4.78 is 6.13. The van der Waals surface area contributed by atoms with Gasteiger partial charge >= 0.3 is 11.7 Å². The predicted molar refractivity (Wildman–Crippen MR) is 143 cm³/mol. The molecule has 2 aromatic carbocycles. The van der Waals surface area contributed by atoms with Crippen LogP contribution in [-0.2, 0) is 14.4 Å². The van der Waals surface area contributed by atoms with Gasteiger partial charge in [0.15, 0.2) is 11.6 Å². The van der Waals surface area contributed by atoms with Gasteiger partial charge in [-0.2, -0.15) is 0 Å². The molecule has 2 aromatic rings. The number of nitro groups is 2. The number of carbonyl (C=O) groups excluding carboxylic acids is 2. The van der Waals surface area contributed by atoms with Crippen LogP contribution in [0.15, 0.2) is 63.4 Å². The number of nitro benzene ring substituents is 2. The molecule has 5 rings (SSSR count). The number of ether oxygens (including phenoxy) is 1. The number of ketones is 2. The average Bonchev–Trinajstić information content (AvgIpc) is 2.90. The highest BCUT2D eigenvalue weighted by Gasteiger charge is 2.43. The maximum Gasteiger partial charge on any atom is 0.323 e. The minimum atomic E-state index is -1.06. The van der Waals surface area contributed by atoms with Crippen LogP contribution in [0.3, 0.4) is 0 Å². The molecule has 13 heteroatoms. The number of halogens is 1. The van der Waals surface area contributed by atoms with Crippen molar-refractivity contribution in [2.45, 2.75) is 44.4 Å². The van der Waals surface area contributed by atoms with Crippen LogP contribution >= 0.6 is 15.9 Å². The number of carboxylic acids is 1. The quantitative estimate of drug-likeness (QED) is 0.309. The first-order valence-corrected chi connectivity index (χ1v) is 13.3. The van der Waals surface area contributed by atoms with Gasteiger partial charge in [0.2, 0.25) is 5.75 Å². The first kappa shape index (κ1) is 27.2. The van der Waals surface area contributed by atoms with E-state index in [9.17, 15) is 39.7 Å². The van der Waals surface area contributed by atoms with E-state index in [0.717, 1.165) is 18.2 Å². The molecule has 3 aliphatic rings. The largest absolute Gasteiger partial charge is 0.480 e. The molecule has 0 saturated heterocycles. The highest BCUT2D eigenvalue weighted by molar-refractivity contribution is 9.10. The van der Waals surface area contributed by atoms with Crippen molar-refractivity contribution in [1.82, 2.24) is 4.90 Å². The third-order valence-electron chi connectivity index (χ3n) is 7.24. The molecule has 0 aromatic heterocycles. The number of carboxylic acid groups (broad SMARTS) is 1. The normalized spacial score (nSPS) is 17.5. The fourth-order valence-electron chi connectivity index (χ4n) is 5.62. The molecule has 206 valence electrons. The molecule has 0 radical (unpaired) electrons. The lowest BCUT2D eigenvalue weighted by Crippen LogP contribution is -2.41. The smallest absolute Gasteiger partial charge is 0.323 e. The minimum Gasteiger partial charge on any atom is -0.480 e. The van der Waals surface area contributed by atoms with Gasteiger partial charge in [0.1, 0.15) is 12.3 Å². The lowest BCUT2D eigenvalue weighted by atomic mass is 9.71. The van der Waals surface area contributed by atoms with Crippen molar-refractivity contribution >= 4 is 44.8 Å². The Bertz CT molecular complexity index is 1520. The number of benzene rings is 2. The zero-order valence-electron chi connectivity index (χ0n) is 20.9. The third-order valence-corrected chi connectivity index (χ3v) is 7.86. The molecule has 0 atom stereocenters. The van der Waals surface area contributed by atoms with Crippen molar-refractivity contribution in [1.29, 1.82) is 0 Å². The Labute approximate surface area is 235 Å². The van der Waals surface area contributed by atoms with E-state index < -0.39 is 33.1 Å². The molecule has 0 amide bonds. The van der Waals surface area contributed by atoms with E-state index in [-0.39, 0.29) is 29.6 Å². The fraction of sp³-hybridized carbons (Fsp3) is 0.296. The molecule has 1 N–H and O–H groups in total. The van der Waals surface area contributed by atoms with E-state index in [1.807, 2.05) is 0 Å². The maximum atomic E-state index is 13.3. The van der Waals surface area contributed by atoms with E-state index in [1.54, 1.807) is 17.0 Å². The monoisotopic (exact) mass is 611 g/mol. The third kappa shape index (κ3) is 4.88. The molecule has 0 bridgehead atoms. The second-order valence-electron chi connectivity index (χ2n) is 9.65. The molecule has 0 spiro atoms.